The number of ether oxygens (including phenoxy) is 1. The number of likely N-dealkylation sites (tertiary alicyclic amines) is 1. The number of rotatable bonds is 2. The number of aromatic nitrogens is 2. The molecule has 1 aromatic heterocycles. The van der Waals surface area contributed by atoms with Crippen LogP contribution < -0.4 is 4.90 Å². The van der Waals surface area contributed by atoms with Crippen LogP contribution in [-0.2, 0) is 4.74 Å². The average Bonchev–Trinajstić information content (AvgIpc) is 2.79. The second kappa shape index (κ2) is 6.66. The Balaban J connectivity index is 2.39. The summed E-state index contributed by atoms with van der Waals surface area (Å²) in [7, 11) is 1.57. The van der Waals surface area contributed by atoms with Crippen LogP contribution >= 0.6 is 0 Å². The molecule has 0 spiro atoms. The summed E-state index contributed by atoms with van der Waals surface area (Å²) in [6.07, 6.45) is 4.97. The molecule has 0 aromatic carbocycles. The molecule has 1 amide bonds. The summed E-state index contributed by atoms with van der Waals surface area (Å²) in [6.45, 7) is 13.4. The Labute approximate surface area is 155 Å². The van der Waals surface area contributed by atoms with E-state index in [2.05, 4.69) is 42.8 Å². The smallest absolute Gasteiger partial charge is 0.415 e. The SMILES string of the molecule is C#Cc1nn(C2CN(C(C)(C)C)C2)c(N(C)C(=O)OC(C)(C)C)c1C#N. The van der Waals surface area contributed by atoms with E-state index in [0.717, 1.165) is 13.1 Å². The summed E-state index contributed by atoms with van der Waals surface area (Å²) in [4.78, 5) is 16.1. The second-order valence-corrected chi connectivity index (χ2v) is 8.52. The minimum absolute atomic E-state index is 0.0447. The van der Waals surface area contributed by atoms with E-state index in [-0.39, 0.29) is 22.8 Å². The summed E-state index contributed by atoms with van der Waals surface area (Å²) in [5, 5.41) is 14.0. The van der Waals surface area contributed by atoms with Crippen LogP contribution in [-0.4, -0.2) is 52.1 Å². The van der Waals surface area contributed by atoms with Gasteiger partial charge in [0.05, 0.1) is 6.04 Å². The van der Waals surface area contributed by atoms with Crippen LogP contribution in [0.4, 0.5) is 10.6 Å². The molecule has 7 nitrogen and oxygen atoms in total. The van der Waals surface area contributed by atoms with Crippen molar-refractivity contribution in [3.63, 3.8) is 0 Å². The fourth-order valence-electron chi connectivity index (χ4n) is 2.78. The fraction of sp³-hybridized carbons (Fsp3) is 0.632. The molecule has 7 heteroatoms. The zero-order valence-electron chi connectivity index (χ0n) is 16.6. The molecule has 1 aliphatic rings. The van der Waals surface area contributed by atoms with Gasteiger partial charge in [-0.2, -0.15) is 10.4 Å². The Morgan fingerprint density at radius 3 is 2.31 bits per heavy atom. The largest absolute Gasteiger partial charge is 0.443 e. The lowest BCUT2D eigenvalue weighted by atomic mass is 9.98. The summed E-state index contributed by atoms with van der Waals surface area (Å²) >= 11 is 0. The molecule has 0 aliphatic carbocycles. The van der Waals surface area contributed by atoms with E-state index in [1.165, 1.54) is 4.90 Å². The van der Waals surface area contributed by atoms with Crippen LogP contribution in [0, 0.1) is 23.7 Å². The summed E-state index contributed by atoms with van der Waals surface area (Å²) in [6, 6.07) is 2.13. The lowest BCUT2D eigenvalue weighted by Crippen LogP contribution is -2.56. The molecular formula is C19H27N5O2. The van der Waals surface area contributed by atoms with Gasteiger partial charge in [0.2, 0.25) is 0 Å². The van der Waals surface area contributed by atoms with Crippen LogP contribution in [0.3, 0.4) is 0 Å². The van der Waals surface area contributed by atoms with E-state index in [1.807, 2.05) is 0 Å². The van der Waals surface area contributed by atoms with Crippen LogP contribution in [0.25, 0.3) is 0 Å². The Bertz CT molecular complexity index is 777. The zero-order valence-corrected chi connectivity index (χ0v) is 16.6. The minimum atomic E-state index is -0.641. The molecule has 1 fully saturated rings. The van der Waals surface area contributed by atoms with Crippen molar-refractivity contribution in [1.29, 1.82) is 5.26 Å². The number of hydrogen-bond donors (Lipinski definition) is 0. The number of carbonyl (C=O) groups is 1. The van der Waals surface area contributed by atoms with E-state index in [1.54, 1.807) is 32.5 Å². The molecule has 140 valence electrons. The fourth-order valence-corrected chi connectivity index (χ4v) is 2.78. The van der Waals surface area contributed by atoms with Crippen molar-refractivity contribution >= 4 is 11.9 Å². The molecule has 1 aliphatic heterocycles. The third-order valence-corrected chi connectivity index (χ3v) is 4.28. The standard InChI is InChI=1S/C19H27N5O2/c1-9-15-14(10-20)16(22(8)17(25)26-19(5,6)7)24(21-15)13-11-23(12-13)18(2,3)4/h1,13H,11-12H2,2-8H3. The predicted octanol–water partition coefficient (Wildman–Crippen LogP) is 2.76. The Morgan fingerprint density at radius 2 is 1.88 bits per heavy atom. The molecule has 2 heterocycles. The zero-order chi connectivity index (χ0) is 19.9. The van der Waals surface area contributed by atoms with Crippen molar-refractivity contribution in [3.05, 3.63) is 11.3 Å². The molecule has 0 unspecified atom stereocenters. The normalized spacial score (nSPS) is 15.7. The molecule has 1 saturated heterocycles. The van der Waals surface area contributed by atoms with Crippen LogP contribution in [0.1, 0.15) is 58.8 Å². The Hall–Kier alpha value is -2.51. The van der Waals surface area contributed by atoms with Gasteiger partial charge in [0, 0.05) is 25.7 Å². The van der Waals surface area contributed by atoms with Crippen LogP contribution in [0.15, 0.2) is 0 Å². The van der Waals surface area contributed by atoms with E-state index in [4.69, 9.17) is 11.2 Å². The van der Waals surface area contributed by atoms with E-state index in [0.29, 0.717) is 5.82 Å². The first-order chi connectivity index (χ1) is 11.9. The maximum atomic E-state index is 12.5. The summed E-state index contributed by atoms with van der Waals surface area (Å²) < 4.78 is 7.13. The molecule has 0 saturated carbocycles. The molecule has 0 N–H and O–H groups in total. The summed E-state index contributed by atoms with van der Waals surface area (Å²) in [5.74, 6) is 2.83. The van der Waals surface area contributed by atoms with Crippen LogP contribution in [0.5, 0.6) is 0 Å². The summed E-state index contributed by atoms with van der Waals surface area (Å²) in [5.41, 5.74) is -0.132. The molecule has 26 heavy (non-hydrogen) atoms. The van der Waals surface area contributed by atoms with Gasteiger partial charge in [-0.3, -0.25) is 9.80 Å². The highest BCUT2D eigenvalue weighted by Gasteiger charge is 2.39. The number of nitriles is 1. The molecule has 0 atom stereocenters. The molecule has 2 rings (SSSR count). The van der Waals surface area contributed by atoms with E-state index >= 15 is 0 Å². The van der Waals surface area contributed by atoms with Gasteiger partial charge in [-0.1, -0.05) is 0 Å². The molecule has 0 bridgehead atoms. The number of carbonyl (C=O) groups excluding carboxylic acids is 1. The van der Waals surface area contributed by atoms with E-state index < -0.39 is 11.7 Å². The molecule has 0 radical (unpaired) electrons. The first-order valence-electron chi connectivity index (χ1n) is 8.60. The highest BCUT2D eigenvalue weighted by atomic mass is 16.6. The highest BCUT2D eigenvalue weighted by molar-refractivity contribution is 5.88. The van der Waals surface area contributed by atoms with Gasteiger partial charge in [-0.15, -0.1) is 6.42 Å². The van der Waals surface area contributed by atoms with Gasteiger partial charge in [0.25, 0.3) is 0 Å². The number of amides is 1. The number of terminal acetylenes is 1. The quantitative estimate of drug-likeness (QED) is 0.761. The van der Waals surface area contributed by atoms with Gasteiger partial charge in [-0.25, -0.2) is 9.48 Å². The third-order valence-electron chi connectivity index (χ3n) is 4.28. The number of anilines is 1. The van der Waals surface area contributed by atoms with Gasteiger partial charge in [0.15, 0.2) is 11.5 Å². The first-order valence-corrected chi connectivity index (χ1v) is 8.60. The van der Waals surface area contributed by atoms with Gasteiger partial charge in [-0.05, 0) is 47.5 Å². The van der Waals surface area contributed by atoms with Gasteiger partial charge < -0.3 is 4.74 Å². The lowest BCUT2D eigenvalue weighted by Gasteiger charge is -2.48. The van der Waals surface area contributed by atoms with Crippen LogP contribution in [0.2, 0.25) is 0 Å². The van der Waals surface area contributed by atoms with E-state index in [9.17, 15) is 10.1 Å². The first kappa shape index (κ1) is 19.8. The average molecular weight is 357 g/mol. The Morgan fingerprint density at radius 1 is 1.31 bits per heavy atom. The molecular weight excluding hydrogens is 330 g/mol. The minimum Gasteiger partial charge on any atom is -0.443 e. The van der Waals surface area contributed by atoms with Crippen molar-refractivity contribution in [1.82, 2.24) is 14.7 Å². The van der Waals surface area contributed by atoms with Gasteiger partial charge >= 0.3 is 6.09 Å². The third kappa shape index (κ3) is 3.84. The maximum absolute atomic E-state index is 12.5. The lowest BCUT2D eigenvalue weighted by molar-refractivity contribution is 0.0157. The topological polar surface area (TPSA) is 74.4 Å². The van der Waals surface area contributed by atoms with Crippen molar-refractivity contribution < 1.29 is 9.53 Å². The number of hydrogen-bond acceptors (Lipinski definition) is 5. The van der Waals surface area contributed by atoms with Crippen molar-refractivity contribution in [2.45, 2.75) is 58.7 Å². The molecule has 1 aromatic rings. The van der Waals surface area contributed by atoms with Crippen molar-refractivity contribution in [3.8, 4) is 18.4 Å². The number of nitrogens with zero attached hydrogens (tertiary/aromatic N) is 5. The maximum Gasteiger partial charge on any atom is 0.415 e. The Kier molecular flexibility index (Phi) is 5.07. The monoisotopic (exact) mass is 357 g/mol. The van der Waals surface area contributed by atoms with Gasteiger partial charge in [0.1, 0.15) is 17.2 Å². The van der Waals surface area contributed by atoms with Crippen molar-refractivity contribution in [2.75, 3.05) is 25.0 Å². The second-order valence-electron chi connectivity index (χ2n) is 8.52. The predicted molar refractivity (Wildman–Crippen MR) is 99.9 cm³/mol. The highest BCUT2D eigenvalue weighted by Crippen LogP contribution is 2.34. The van der Waals surface area contributed by atoms with Crippen molar-refractivity contribution in [2.24, 2.45) is 0 Å².